The van der Waals surface area contributed by atoms with E-state index in [0.717, 1.165) is 0 Å². The molecule has 0 radical (unpaired) electrons. The summed E-state index contributed by atoms with van der Waals surface area (Å²) in [6, 6.07) is 10.9. The first-order valence-corrected chi connectivity index (χ1v) is 8.02. The Morgan fingerprint density at radius 1 is 1.28 bits per heavy atom. The summed E-state index contributed by atoms with van der Waals surface area (Å²) in [5.41, 5.74) is 1.36. The van der Waals surface area contributed by atoms with Gasteiger partial charge >= 0.3 is 0 Å². The predicted molar refractivity (Wildman–Crippen MR) is 93.4 cm³/mol. The molecule has 1 atom stereocenters. The van der Waals surface area contributed by atoms with Gasteiger partial charge in [-0.25, -0.2) is 0 Å². The molecule has 1 amide bonds. The van der Waals surface area contributed by atoms with E-state index in [9.17, 15) is 20.0 Å². The highest BCUT2D eigenvalue weighted by Crippen LogP contribution is 2.38. The molecule has 2 N–H and O–H groups in total. The zero-order chi connectivity index (χ0) is 18.1. The van der Waals surface area contributed by atoms with Crippen LogP contribution in [0.2, 0.25) is 0 Å². The van der Waals surface area contributed by atoms with Gasteiger partial charge in [-0.05, 0) is 24.1 Å². The van der Waals surface area contributed by atoms with Gasteiger partial charge in [-0.15, -0.1) is 0 Å². The van der Waals surface area contributed by atoms with Crippen LogP contribution in [0.4, 0.5) is 11.4 Å². The van der Waals surface area contributed by atoms with Crippen LogP contribution in [0.5, 0.6) is 5.75 Å². The van der Waals surface area contributed by atoms with Crippen LogP contribution >= 0.6 is 0 Å². The fourth-order valence-electron chi connectivity index (χ4n) is 2.99. The topological polar surface area (TPSA) is 95.7 Å². The summed E-state index contributed by atoms with van der Waals surface area (Å²) in [5, 5.41) is 24.6. The minimum Gasteiger partial charge on any atom is -0.508 e. The van der Waals surface area contributed by atoms with Crippen LogP contribution in [0.25, 0.3) is 0 Å². The summed E-state index contributed by atoms with van der Waals surface area (Å²) in [6.07, 6.45) is -0.676. The lowest BCUT2D eigenvalue weighted by Gasteiger charge is -2.39. The van der Waals surface area contributed by atoms with Crippen molar-refractivity contribution in [2.24, 2.45) is 5.92 Å². The van der Waals surface area contributed by atoms with Crippen LogP contribution in [-0.4, -0.2) is 27.4 Å². The number of para-hydroxylation sites is 1. The lowest BCUT2D eigenvalue weighted by atomic mass is 10.0. The highest BCUT2D eigenvalue weighted by Gasteiger charge is 2.35. The number of nitrogens with zero attached hydrogens (tertiary/aromatic N) is 2. The normalized spacial score (nSPS) is 16.5. The number of anilines is 1. The molecule has 1 unspecified atom stereocenters. The van der Waals surface area contributed by atoms with Gasteiger partial charge in [0.2, 0.25) is 0 Å². The fraction of sp³-hybridized carbons (Fsp3) is 0.278. The third-order valence-corrected chi connectivity index (χ3v) is 4.10. The van der Waals surface area contributed by atoms with Gasteiger partial charge in [0.15, 0.2) is 0 Å². The number of hydrogen-bond acceptors (Lipinski definition) is 5. The summed E-state index contributed by atoms with van der Waals surface area (Å²) in [4.78, 5) is 25.1. The van der Waals surface area contributed by atoms with Crippen molar-refractivity contribution >= 4 is 17.3 Å². The van der Waals surface area contributed by atoms with Gasteiger partial charge in [-0.1, -0.05) is 26.0 Å². The molecule has 7 heteroatoms. The number of carbonyl (C=O) groups is 1. The van der Waals surface area contributed by atoms with Crippen LogP contribution in [0.3, 0.4) is 0 Å². The predicted octanol–water partition coefficient (Wildman–Crippen LogP) is 3.52. The van der Waals surface area contributed by atoms with Gasteiger partial charge in [-0.3, -0.25) is 14.9 Å². The molecule has 1 aliphatic rings. The molecule has 2 aromatic carbocycles. The highest BCUT2D eigenvalue weighted by molar-refractivity contribution is 6.01. The molecule has 7 nitrogen and oxygen atoms in total. The lowest BCUT2D eigenvalue weighted by Crippen LogP contribution is -2.44. The first kappa shape index (κ1) is 16.8. The number of nitro groups is 1. The number of phenols is 1. The zero-order valence-electron chi connectivity index (χ0n) is 14.0. The molecule has 0 fully saturated rings. The van der Waals surface area contributed by atoms with Crippen LogP contribution in [-0.2, 0) is 0 Å². The van der Waals surface area contributed by atoms with Crippen LogP contribution in [0, 0.1) is 16.0 Å². The highest BCUT2D eigenvalue weighted by atomic mass is 16.6. The monoisotopic (exact) mass is 341 g/mol. The Labute approximate surface area is 145 Å². The van der Waals surface area contributed by atoms with Crippen molar-refractivity contribution in [3.8, 4) is 5.75 Å². The van der Waals surface area contributed by atoms with E-state index < -0.39 is 11.1 Å². The van der Waals surface area contributed by atoms with E-state index in [1.165, 1.54) is 18.2 Å². The van der Waals surface area contributed by atoms with Gasteiger partial charge in [0.1, 0.15) is 11.9 Å². The van der Waals surface area contributed by atoms with Crippen LogP contribution < -0.4 is 5.32 Å². The largest absolute Gasteiger partial charge is 0.508 e. The number of hydrogen-bond donors (Lipinski definition) is 2. The minimum atomic E-state index is -0.676. The Balaban J connectivity index is 2.11. The maximum atomic E-state index is 12.9. The maximum absolute atomic E-state index is 12.9. The Bertz CT molecular complexity index is 835. The van der Waals surface area contributed by atoms with Crippen LogP contribution in [0.1, 0.15) is 35.9 Å². The number of amides is 1. The molecule has 25 heavy (non-hydrogen) atoms. The summed E-state index contributed by atoms with van der Waals surface area (Å²) in [6.45, 7) is 4.42. The van der Waals surface area contributed by atoms with Gasteiger partial charge in [0.25, 0.3) is 11.6 Å². The average molecular weight is 341 g/mol. The van der Waals surface area contributed by atoms with Crippen molar-refractivity contribution in [2.45, 2.75) is 20.0 Å². The standard InChI is InChI=1S/C18H19N3O4/c1-11(2)10-20-17(14-9-12(21(24)25)7-8-16(14)22)19-15-6-4-3-5-13(15)18(20)23/h3-9,11,17,19,22H,10H2,1-2H3. The lowest BCUT2D eigenvalue weighted by molar-refractivity contribution is -0.385. The number of nitro benzene ring substituents is 1. The van der Waals surface area contributed by atoms with Crippen molar-refractivity contribution in [3.05, 3.63) is 63.7 Å². The molecule has 1 aliphatic heterocycles. The minimum absolute atomic E-state index is 0.0935. The second-order valence-electron chi connectivity index (χ2n) is 6.44. The number of nitrogens with one attached hydrogen (secondary N) is 1. The Morgan fingerprint density at radius 2 is 2.00 bits per heavy atom. The molecule has 2 aromatic rings. The summed E-state index contributed by atoms with van der Waals surface area (Å²) >= 11 is 0. The van der Waals surface area contributed by atoms with Gasteiger partial charge in [0, 0.05) is 29.9 Å². The van der Waals surface area contributed by atoms with Gasteiger partial charge in [0.05, 0.1) is 10.5 Å². The van der Waals surface area contributed by atoms with E-state index in [1.807, 2.05) is 19.9 Å². The molecule has 0 bridgehead atoms. The van der Waals surface area contributed by atoms with Crippen molar-refractivity contribution in [1.82, 2.24) is 4.90 Å². The average Bonchev–Trinajstić information content (AvgIpc) is 2.57. The number of aromatic hydroxyl groups is 1. The third-order valence-electron chi connectivity index (χ3n) is 4.10. The fourth-order valence-corrected chi connectivity index (χ4v) is 2.99. The number of phenolic OH excluding ortho intramolecular Hbond substituents is 1. The van der Waals surface area contributed by atoms with E-state index in [1.54, 1.807) is 23.1 Å². The van der Waals surface area contributed by atoms with Crippen molar-refractivity contribution in [1.29, 1.82) is 0 Å². The second-order valence-corrected chi connectivity index (χ2v) is 6.44. The Kier molecular flexibility index (Phi) is 4.31. The van der Waals surface area contributed by atoms with Crippen LogP contribution in [0.15, 0.2) is 42.5 Å². The first-order chi connectivity index (χ1) is 11.9. The molecule has 0 aliphatic carbocycles. The van der Waals surface area contributed by atoms with Gasteiger partial charge in [-0.2, -0.15) is 0 Å². The summed E-state index contributed by atoms with van der Waals surface area (Å²) in [5.74, 6) is -0.0673. The Hall–Kier alpha value is -3.09. The number of fused-ring (bicyclic) bond motifs is 1. The molecule has 3 rings (SSSR count). The number of rotatable bonds is 4. The van der Waals surface area contributed by atoms with E-state index >= 15 is 0 Å². The summed E-state index contributed by atoms with van der Waals surface area (Å²) < 4.78 is 0. The van der Waals surface area contributed by atoms with E-state index in [0.29, 0.717) is 23.4 Å². The molecule has 130 valence electrons. The quantitative estimate of drug-likeness (QED) is 0.655. The molecule has 0 aromatic heterocycles. The number of benzene rings is 2. The number of carbonyl (C=O) groups excluding carboxylic acids is 1. The van der Waals surface area contributed by atoms with Gasteiger partial charge < -0.3 is 15.3 Å². The Morgan fingerprint density at radius 3 is 2.68 bits per heavy atom. The van der Waals surface area contributed by atoms with Crippen molar-refractivity contribution in [2.75, 3.05) is 11.9 Å². The smallest absolute Gasteiger partial charge is 0.270 e. The molecule has 0 saturated heterocycles. The van der Waals surface area contributed by atoms with E-state index in [2.05, 4.69) is 5.32 Å². The maximum Gasteiger partial charge on any atom is 0.270 e. The summed E-state index contributed by atoms with van der Waals surface area (Å²) in [7, 11) is 0. The van der Waals surface area contributed by atoms with E-state index in [4.69, 9.17) is 0 Å². The second kappa shape index (κ2) is 6.43. The first-order valence-electron chi connectivity index (χ1n) is 8.02. The molecular weight excluding hydrogens is 322 g/mol. The molecule has 0 saturated carbocycles. The SMILES string of the molecule is CC(C)CN1C(=O)c2ccccc2NC1c1cc([N+](=O)[O-])ccc1O. The number of non-ortho nitro benzene ring substituents is 1. The third kappa shape index (κ3) is 3.13. The van der Waals surface area contributed by atoms with Crippen molar-refractivity contribution < 1.29 is 14.8 Å². The van der Waals surface area contributed by atoms with E-state index in [-0.39, 0.29) is 23.3 Å². The molecule has 0 spiro atoms. The van der Waals surface area contributed by atoms with Crippen molar-refractivity contribution in [3.63, 3.8) is 0 Å². The molecular formula is C18H19N3O4. The molecule has 1 heterocycles. The zero-order valence-corrected chi connectivity index (χ0v) is 14.0.